The fourth-order valence-electron chi connectivity index (χ4n) is 3.71. The number of Topliss-reactive ketones (excluding diaryl/α,β-unsaturated/α-hetero) is 1. The van der Waals surface area contributed by atoms with E-state index in [-0.39, 0.29) is 17.8 Å². The highest BCUT2D eigenvalue weighted by Crippen LogP contribution is 2.30. The molecule has 0 aliphatic carbocycles. The van der Waals surface area contributed by atoms with E-state index in [4.69, 9.17) is 4.74 Å². The SMILES string of the molecule is CCc1cccc(Oc2ccc(C(=O)CCc3c(C)cc(C)[nH]c3=O)cc2C)c1C#N. The Kier molecular flexibility index (Phi) is 6.71. The van der Waals surface area contributed by atoms with Crippen LogP contribution in [0.4, 0.5) is 0 Å². The Morgan fingerprint density at radius 2 is 1.84 bits per heavy atom. The zero-order chi connectivity index (χ0) is 22.5. The fraction of sp³-hybridized carbons (Fsp3) is 0.269. The van der Waals surface area contributed by atoms with Gasteiger partial charge in [0.15, 0.2) is 5.78 Å². The number of pyridine rings is 1. The Balaban J connectivity index is 1.76. The van der Waals surface area contributed by atoms with E-state index in [2.05, 4.69) is 11.1 Å². The van der Waals surface area contributed by atoms with Crippen LogP contribution < -0.4 is 10.3 Å². The zero-order valence-corrected chi connectivity index (χ0v) is 18.3. The third-order valence-corrected chi connectivity index (χ3v) is 5.42. The summed E-state index contributed by atoms with van der Waals surface area (Å²) in [6.45, 7) is 7.60. The van der Waals surface area contributed by atoms with Gasteiger partial charge in [-0.1, -0.05) is 19.1 Å². The summed E-state index contributed by atoms with van der Waals surface area (Å²) in [7, 11) is 0. The van der Waals surface area contributed by atoms with Crippen molar-refractivity contribution in [3.8, 4) is 17.6 Å². The molecule has 0 aliphatic heterocycles. The van der Waals surface area contributed by atoms with Gasteiger partial charge >= 0.3 is 0 Å². The standard InChI is InChI=1S/C26H26N2O3/c1-5-19-7-6-8-25(22(19)15-27)31-24-12-9-20(14-17(24)3)23(29)11-10-21-16(2)13-18(4)28-26(21)30/h6-9,12-14H,5,10-11H2,1-4H3,(H,28,30). The van der Waals surface area contributed by atoms with Gasteiger partial charge in [-0.25, -0.2) is 0 Å². The maximum absolute atomic E-state index is 12.7. The zero-order valence-electron chi connectivity index (χ0n) is 18.3. The molecule has 1 aromatic heterocycles. The van der Waals surface area contributed by atoms with Crippen LogP contribution in [-0.2, 0) is 12.8 Å². The maximum Gasteiger partial charge on any atom is 0.251 e. The molecular weight excluding hydrogens is 388 g/mol. The van der Waals surface area contributed by atoms with E-state index in [0.29, 0.717) is 34.6 Å². The largest absolute Gasteiger partial charge is 0.456 e. The van der Waals surface area contributed by atoms with Crippen molar-refractivity contribution in [3.63, 3.8) is 0 Å². The normalized spacial score (nSPS) is 10.5. The highest BCUT2D eigenvalue weighted by Gasteiger charge is 2.14. The van der Waals surface area contributed by atoms with E-state index in [0.717, 1.165) is 28.8 Å². The molecule has 1 N–H and O–H groups in total. The molecule has 0 spiro atoms. The lowest BCUT2D eigenvalue weighted by Crippen LogP contribution is -2.17. The number of aryl methyl sites for hydroxylation is 4. The third kappa shape index (κ3) is 4.92. The lowest BCUT2D eigenvalue weighted by molar-refractivity contribution is 0.0982. The number of rotatable bonds is 7. The second-order valence-electron chi connectivity index (χ2n) is 7.70. The number of benzene rings is 2. The highest BCUT2D eigenvalue weighted by atomic mass is 16.5. The van der Waals surface area contributed by atoms with E-state index in [1.165, 1.54) is 0 Å². The van der Waals surface area contributed by atoms with Crippen LogP contribution in [0.2, 0.25) is 0 Å². The van der Waals surface area contributed by atoms with Gasteiger partial charge in [0.2, 0.25) is 0 Å². The molecule has 0 saturated heterocycles. The lowest BCUT2D eigenvalue weighted by Gasteiger charge is -2.13. The summed E-state index contributed by atoms with van der Waals surface area (Å²) in [6, 6.07) is 15.0. The number of ketones is 1. The molecular formula is C26H26N2O3. The van der Waals surface area contributed by atoms with Gasteiger partial charge in [-0.2, -0.15) is 5.26 Å². The van der Waals surface area contributed by atoms with Crippen molar-refractivity contribution in [2.75, 3.05) is 0 Å². The predicted octanol–water partition coefficient (Wildman–Crippen LogP) is 5.34. The molecule has 0 saturated carbocycles. The number of nitrogens with zero attached hydrogens (tertiary/aromatic N) is 1. The van der Waals surface area contributed by atoms with Crippen LogP contribution in [0.5, 0.6) is 11.5 Å². The smallest absolute Gasteiger partial charge is 0.251 e. The highest BCUT2D eigenvalue weighted by molar-refractivity contribution is 5.96. The van der Waals surface area contributed by atoms with Crippen molar-refractivity contribution in [3.05, 3.63) is 91.9 Å². The number of nitrogens with one attached hydrogen (secondary N) is 1. The third-order valence-electron chi connectivity index (χ3n) is 5.42. The maximum atomic E-state index is 12.7. The van der Waals surface area contributed by atoms with Crippen molar-refractivity contribution in [2.45, 2.75) is 47.0 Å². The Morgan fingerprint density at radius 3 is 2.48 bits per heavy atom. The Hall–Kier alpha value is -3.65. The van der Waals surface area contributed by atoms with E-state index < -0.39 is 0 Å². The second-order valence-corrected chi connectivity index (χ2v) is 7.70. The van der Waals surface area contributed by atoms with Crippen LogP contribution in [0.15, 0.2) is 47.3 Å². The minimum absolute atomic E-state index is 0.0280. The minimum atomic E-state index is -0.132. The summed E-state index contributed by atoms with van der Waals surface area (Å²) >= 11 is 0. The molecule has 3 aromatic rings. The summed E-state index contributed by atoms with van der Waals surface area (Å²) < 4.78 is 6.00. The van der Waals surface area contributed by atoms with Gasteiger partial charge in [-0.15, -0.1) is 0 Å². The van der Waals surface area contributed by atoms with Gasteiger partial charge in [0, 0.05) is 23.2 Å². The number of ether oxygens (including phenoxy) is 1. The molecule has 0 radical (unpaired) electrons. The summed E-state index contributed by atoms with van der Waals surface area (Å²) in [6.07, 6.45) is 1.40. The number of carbonyl (C=O) groups is 1. The fourth-order valence-corrected chi connectivity index (χ4v) is 3.71. The molecule has 158 valence electrons. The number of aromatic nitrogens is 1. The molecule has 0 atom stereocenters. The average Bonchev–Trinajstić information content (AvgIpc) is 2.73. The molecule has 31 heavy (non-hydrogen) atoms. The molecule has 5 nitrogen and oxygen atoms in total. The molecule has 0 aliphatic rings. The summed E-state index contributed by atoms with van der Waals surface area (Å²) in [5.41, 5.74) is 5.08. The Morgan fingerprint density at radius 1 is 1.06 bits per heavy atom. The van der Waals surface area contributed by atoms with E-state index in [1.54, 1.807) is 24.3 Å². The van der Waals surface area contributed by atoms with Gasteiger partial charge < -0.3 is 9.72 Å². The van der Waals surface area contributed by atoms with Crippen LogP contribution in [0.3, 0.4) is 0 Å². The first kappa shape index (κ1) is 22.0. The molecule has 0 unspecified atom stereocenters. The molecule has 1 heterocycles. The first-order valence-corrected chi connectivity index (χ1v) is 10.4. The van der Waals surface area contributed by atoms with Crippen LogP contribution in [-0.4, -0.2) is 10.8 Å². The quantitative estimate of drug-likeness (QED) is 0.529. The molecule has 0 bridgehead atoms. The predicted molar refractivity (Wildman–Crippen MR) is 121 cm³/mol. The topological polar surface area (TPSA) is 83.0 Å². The lowest BCUT2D eigenvalue weighted by atomic mass is 9.99. The monoisotopic (exact) mass is 414 g/mol. The van der Waals surface area contributed by atoms with Gasteiger partial charge in [-0.05, 0) is 80.6 Å². The number of carbonyl (C=O) groups excluding carboxylic acids is 1. The number of aromatic amines is 1. The van der Waals surface area contributed by atoms with Crippen molar-refractivity contribution < 1.29 is 9.53 Å². The van der Waals surface area contributed by atoms with Gasteiger partial charge in [-0.3, -0.25) is 9.59 Å². The van der Waals surface area contributed by atoms with Crippen molar-refractivity contribution in [2.24, 2.45) is 0 Å². The van der Waals surface area contributed by atoms with E-state index in [9.17, 15) is 14.9 Å². The van der Waals surface area contributed by atoms with Crippen LogP contribution in [0, 0.1) is 32.1 Å². The van der Waals surface area contributed by atoms with Gasteiger partial charge in [0.05, 0.1) is 5.56 Å². The number of hydrogen-bond acceptors (Lipinski definition) is 4. The van der Waals surface area contributed by atoms with Gasteiger partial charge in [0.1, 0.15) is 17.6 Å². The number of nitriles is 1. The van der Waals surface area contributed by atoms with Crippen molar-refractivity contribution in [1.29, 1.82) is 5.26 Å². The molecule has 3 rings (SSSR count). The van der Waals surface area contributed by atoms with Crippen molar-refractivity contribution in [1.82, 2.24) is 4.98 Å². The molecule has 0 fully saturated rings. The summed E-state index contributed by atoms with van der Waals surface area (Å²) in [4.78, 5) is 27.7. The second kappa shape index (κ2) is 9.44. The van der Waals surface area contributed by atoms with E-state index >= 15 is 0 Å². The van der Waals surface area contributed by atoms with Crippen LogP contribution >= 0.6 is 0 Å². The van der Waals surface area contributed by atoms with Crippen LogP contribution in [0.1, 0.15) is 57.2 Å². The summed E-state index contributed by atoms with van der Waals surface area (Å²) in [5, 5.41) is 9.50. The Labute approximate surface area is 182 Å². The molecule has 0 amide bonds. The minimum Gasteiger partial charge on any atom is -0.456 e. The Bertz CT molecular complexity index is 1230. The molecule has 5 heteroatoms. The van der Waals surface area contributed by atoms with E-state index in [1.807, 2.05) is 45.9 Å². The first-order valence-electron chi connectivity index (χ1n) is 10.4. The number of H-pyrrole nitrogens is 1. The first-order chi connectivity index (χ1) is 14.8. The van der Waals surface area contributed by atoms with Gasteiger partial charge in [0.25, 0.3) is 5.56 Å². The molecule has 2 aromatic carbocycles. The number of hydrogen-bond donors (Lipinski definition) is 1. The average molecular weight is 415 g/mol. The van der Waals surface area contributed by atoms with Crippen molar-refractivity contribution >= 4 is 5.78 Å². The van der Waals surface area contributed by atoms with Crippen LogP contribution in [0.25, 0.3) is 0 Å². The summed E-state index contributed by atoms with van der Waals surface area (Å²) in [5.74, 6) is 1.09.